The molecule has 3 aromatic heterocycles. The van der Waals surface area contributed by atoms with Gasteiger partial charge in [0, 0.05) is 25.1 Å². The van der Waals surface area contributed by atoms with E-state index in [1.165, 1.54) is 4.90 Å². The quantitative estimate of drug-likeness (QED) is 0.307. The first-order valence-corrected chi connectivity index (χ1v) is 10.2. The highest BCUT2D eigenvalue weighted by atomic mass is 16.3. The van der Waals surface area contributed by atoms with Crippen LogP contribution in [0.2, 0.25) is 0 Å². The van der Waals surface area contributed by atoms with Gasteiger partial charge < -0.3 is 10.0 Å². The summed E-state index contributed by atoms with van der Waals surface area (Å²) in [4.78, 5) is 36.5. The van der Waals surface area contributed by atoms with Gasteiger partial charge in [-0.15, -0.1) is 0 Å². The van der Waals surface area contributed by atoms with E-state index in [4.69, 9.17) is 0 Å². The van der Waals surface area contributed by atoms with Crippen LogP contribution in [-0.4, -0.2) is 36.1 Å². The van der Waals surface area contributed by atoms with Crippen LogP contribution < -0.4 is 0 Å². The van der Waals surface area contributed by atoms with Gasteiger partial charge in [-0.2, -0.15) is 0 Å². The van der Waals surface area contributed by atoms with Crippen LogP contribution in [0.1, 0.15) is 28.6 Å². The number of nitrogens with zero attached hydrogens (tertiary/aromatic N) is 4. The van der Waals surface area contributed by atoms with Crippen molar-refractivity contribution in [1.29, 1.82) is 0 Å². The third kappa shape index (κ3) is 3.15. The molecule has 1 saturated heterocycles. The number of carbonyl (C=O) groups excluding carboxylic acids is 2. The molecule has 1 N–H and O–H groups in total. The van der Waals surface area contributed by atoms with Crippen molar-refractivity contribution in [2.75, 3.05) is 0 Å². The van der Waals surface area contributed by atoms with Gasteiger partial charge in [0.1, 0.15) is 11.3 Å². The lowest BCUT2D eigenvalue weighted by Gasteiger charge is -2.25. The molecule has 1 amide bonds. The van der Waals surface area contributed by atoms with Crippen molar-refractivity contribution < 1.29 is 14.7 Å². The Bertz CT molecular complexity index is 1360. The minimum atomic E-state index is -0.766. The Morgan fingerprint density at radius 3 is 2.56 bits per heavy atom. The molecule has 1 aliphatic rings. The summed E-state index contributed by atoms with van der Waals surface area (Å²) in [7, 11) is 0. The van der Waals surface area contributed by atoms with Gasteiger partial charge in [0.15, 0.2) is 5.76 Å². The second kappa shape index (κ2) is 7.77. The number of ketones is 1. The number of pyridine rings is 2. The summed E-state index contributed by atoms with van der Waals surface area (Å²) in [5.41, 5.74) is 3.17. The molecule has 4 heterocycles. The van der Waals surface area contributed by atoms with Gasteiger partial charge >= 0.3 is 0 Å². The van der Waals surface area contributed by atoms with E-state index in [9.17, 15) is 14.7 Å². The maximum absolute atomic E-state index is 13.2. The van der Waals surface area contributed by atoms with Gasteiger partial charge in [-0.1, -0.05) is 42.5 Å². The highest BCUT2D eigenvalue weighted by molar-refractivity contribution is 6.46. The van der Waals surface area contributed by atoms with Gasteiger partial charge in [-0.3, -0.25) is 19.0 Å². The smallest absolute Gasteiger partial charge is 0.295 e. The number of Topliss-reactive ketones (excluding diaryl/α,β-unsaturated/α-hetero) is 1. The first kappa shape index (κ1) is 19.7. The molecule has 7 nitrogen and oxygen atoms in total. The number of imidazole rings is 1. The van der Waals surface area contributed by atoms with E-state index in [1.807, 2.05) is 48.5 Å². The Morgan fingerprint density at radius 2 is 1.81 bits per heavy atom. The summed E-state index contributed by atoms with van der Waals surface area (Å²) in [6, 6.07) is 17.7. The Morgan fingerprint density at radius 1 is 1.03 bits per heavy atom. The number of carbonyl (C=O) groups is 2. The summed E-state index contributed by atoms with van der Waals surface area (Å²) < 4.78 is 1.72. The fraction of sp³-hybridized carbons (Fsp3) is 0.120. The van der Waals surface area contributed by atoms with Gasteiger partial charge in [-0.05, 0) is 36.2 Å². The van der Waals surface area contributed by atoms with Crippen LogP contribution in [0.15, 0.2) is 84.8 Å². The molecule has 1 unspecified atom stereocenters. The van der Waals surface area contributed by atoms with E-state index in [2.05, 4.69) is 9.97 Å². The van der Waals surface area contributed by atoms with Crippen LogP contribution in [0.4, 0.5) is 0 Å². The van der Waals surface area contributed by atoms with Crippen LogP contribution in [0.5, 0.6) is 0 Å². The van der Waals surface area contributed by atoms with Crippen molar-refractivity contribution in [3.05, 3.63) is 107 Å². The first-order chi connectivity index (χ1) is 15.6. The summed E-state index contributed by atoms with van der Waals surface area (Å²) in [6.07, 6.45) is 5.01. The van der Waals surface area contributed by atoms with E-state index < -0.39 is 17.7 Å². The highest BCUT2D eigenvalue weighted by Gasteiger charge is 2.46. The average molecular weight is 424 g/mol. The number of aryl methyl sites for hydroxylation is 1. The molecule has 1 aromatic carbocycles. The number of aromatic nitrogens is 3. The molecule has 4 aromatic rings. The Hall–Kier alpha value is -4.26. The summed E-state index contributed by atoms with van der Waals surface area (Å²) in [5.74, 6) is -1.63. The number of aliphatic hydroxyl groups excluding tert-OH is 1. The molecule has 0 spiro atoms. The number of fused-ring (bicyclic) bond motifs is 1. The minimum absolute atomic E-state index is 0.0349. The molecule has 0 saturated carbocycles. The third-order valence-electron chi connectivity index (χ3n) is 5.66. The molecule has 1 atom stereocenters. The lowest BCUT2D eigenvalue weighted by atomic mass is 9.97. The van der Waals surface area contributed by atoms with Gasteiger partial charge in [-0.25, -0.2) is 4.98 Å². The Balaban J connectivity index is 1.71. The summed E-state index contributed by atoms with van der Waals surface area (Å²) in [5, 5.41) is 11.4. The number of rotatable bonds is 4. The molecular formula is C25H20N4O3. The first-order valence-electron chi connectivity index (χ1n) is 10.2. The van der Waals surface area contributed by atoms with Crippen molar-refractivity contribution in [3.8, 4) is 0 Å². The van der Waals surface area contributed by atoms with Crippen molar-refractivity contribution >= 4 is 23.1 Å². The molecule has 0 aliphatic carbocycles. The standard InChI is InChI=1S/C25H20N4O3/c1-16-21(28-13-6-5-11-19(28)27-16)23(30)20-22(18-10-7-12-26-14-18)29(25(32)24(20)31)15-17-8-3-2-4-9-17/h2-14,22,30H,15H2,1H3/b23-20+. The van der Waals surface area contributed by atoms with Crippen molar-refractivity contribution in [3.63, 3.8) is 0 Å². The van der Waals surface area contributed by atoms with Crippen molar-refractivity contribution in [1.82, 2.24) is 19.3 Å². The van der Waals surface area contributed by atoms with Gasteiger partial charge in [0.05, 0.1) is 17.3 Å². The molecule has 1 fully saturated rings. The summed E-state index contributed by atoms with van der Waals surface area (Å²) >= 11 is 0. The molecule has 0 bridgehead atoms. The number of amides is 1. The second-order valence-electron chi connectivity index (χ2n) is 7.67. The SMILES string of the molecule is Cc1nc2ccccn2c1/C(O)=C1\C(=O)C(=O)N(Cc2ccccc2)C1c1cccnc1. The van der Waals surface area contributed by atoms with Gasteiger partial charge in [0.25, 0.3) is 11.7 Å². The predicted molar refractivity (Wildman–Crippen MR) is 118 cm³/mol. The van der Waals surface area contributed by atoms with E-state index >= 15 is 0 Å². The third-order valence-corrected chi connectivity index (χ3v) is 5.66. The number of hydrogen-bond donors (Lipinski definition) is 1. The number of likely N-dealkylation sites (tertiary alicyclic amines) is 1. The number of hydrogen-bond acceptors (Lipinski definition) is 5. The fourth-order valence-corrected chi connectivity index (χ4v) is 4.23. The van der Waals surface area contributed by atoms with Crippen LogP contribution in [-0.2, 0) is 16.1 Å². The minimum Gasteiger partial charge on any atom is -0.505 e. The number of benzene rings is 1. The normalized spacial score (nSPS) is 17.9. The lowest BCUT2D eigenvalue weighted by Crippen LogP contribution is -2.29. The van der Waals surface area contributed by atoms with Crippen molar-refractivity contribution in [2.45, 2.75) is 19.5 Å². The molecule has 158 valence electrons. The molecule has 5 rings (SSSR count). The predicted octanol–water partition coefficient (Wildman–Crippen LogP) is 3.66. The molecule has 32 heavy (non-hydrogen) atoms. The summed E-state index contributed by atoms with van der Waals surface area (Å²) in [6.45, 7) is 2.00. The second-order valence-corrected chi connectivity index (χ2v) is 7.67. The zero-order valence-corrected chi connectivity index (χ0v) is 17.3. The van der Waals surface area contributed by atoms with Crippen molar-refractivity contribution in [2.24, 2.45) is 0 Å². The highest BCUT2D eigenvalue weighted by Crippen LogP contribution is 2.40. The van der Waals surface area contributed by atoms with Crippen LogP contribution >= 0.6 is 0 Å². The maximum atomic E-state index is 13.2. The van der Waals surface area contributed by atoms with Crippen LogP contribution in [0.25, 0.3) is 11.4 Å². The van der Waals surface area contributed by atoms with Crippen LogP contribution in [0.3, 0.4) is 0 Å². The molecule has 1 aliphatic heterocycles. The average Bonchev–Trinajstić information content (AvgIpc) is 3.28. The van der Waals surface area contributed by atoms with Crippen LogP contribution in [0, 0.1) is 6.92 Å². The molecular weight excluding hydrogens is 404 g/mol. The maximum Gasteiger partial charge on any atom is 0.295 e. The topological polar surface area (TPSA) is 87.8 Å². The molecule has 7 heteroatoms. The van der Waals surface area contributed by atoms with E-state index in [1.54, 1.807) is 42.0 Å². The van der Waals surface area contributed by atoms with E-state index in [0.29, 0.717) is 22.6 Å². The zero-order chi connectivity index (χ0) is 22.2. The van der Waals surface area contributed by atoms with Gasteiger partial charge in [0.2, 0.25) is 0 Å². The largest absolute Gasteiger partial charge is 0.505 e. The van der Waals surface area contributed by atoms with E-state index in [-0.39, 0.29) is 17.9 Å². The van der Waals surface area contributed by atoms with E-state index in [0.717, 1.165) is 5.56 Å². The Labute approximate surface area is 184 Å². The zero-order valence-electron chi connectivity index (χ0n) is 17.3. The Kier molecular flexibility index (Phi) is 4.78. The monoisotopic (exact) mass is 424 g/mol. The lowest BCUT2D eigenvalue weighted by molar-refractivity contribution is -0.140. The number of aliphatic hydroxyl groups is 1. The fourth-order valence-electron chi connectivity index (χ4n) is 4.23. The molecule has 0 radical (unpaired) electrons.